The molecule has 0 spiro atoms. The lowest BCUT2D eigenvalue weighted by Crippen LogP contribution is -2.20. The fourth-order valence-corrected chi connectivity index (χ4v) is 5.40. The Bertz CT molecular complexity index is 1080. The Labute approximate surface area is 191 Å². The minimum absolute atomic E-state index is 0.0599. The molecule has 1 fully saturated rings. The summed E-state index contributed by atoms with van der Waals surface area (Å²) < 4.78 is 47.5. The topological polar surface area (TPSA) is 61.9 Å². The Morgan fingerprint density at radius 3 is 2.78 bits per heavy atom. The van der Waals surface area contributed by atoms with Crippen molar-refractivity contribution in [3.05, 3.63) is 40.5 Å². The van der Waals surface area contributed by atoms with Crippen LogP contribution < -0.4 is 0 Å². The van der Waals surface area contributed by atoms with Crippen LogP contribution in [-0.4, -0.2) is 49.8 Å². The van der Waals surface area contributed by atoms with Gasteiger partial charge in [-0.25, -0.2) is 0 Å². The third-order valence-corrected chi connectivity index (χ3v) is 7.24. The molecule has 3 aromatic rings. The molecule has 4 rings (SSSR count). The van der Waals surface area contributed by atoms with Crippen LogP contribution in [0.25, 0.3) is 10.7 Å². The van der Waals surface area contributed by atoms with E-state index in [1.807, 2.05) is 22.1 Å². The van der Waals surface area contributed by atoms with Crippen LogP contribution in [0.15, 0.2) is 28.7 Å². The van der Waals surface area contributed by atoms with Gasteiger partial charge < -0.3 is 9.30 Å². The van der Waals surface area contributed by atoms with Crippen molar-refractivity contribution in [2.45, 2.75) is 57.2 Å². The Hall–Kier alpha value is -2.11. The first-order valence-electron chi connectivity index (χ1n) is 10.2. The predicted molar refractivity (Wildman–Crippen MR) is 117 cm³/mol. The molecule has 1 aliphatic rings. The zero-order valence-corrected chi connectivity index (χ0v) is 19.3. The van der Waals surface area contributed by atoms with Gasteiger partial charge in [-0.05, 0) is 44.2 Å². The zero-order chi connectivity index (χ0) is 22.9. The largest absolute Gasteiger partial charge is 0.406 e. The number of hydrogen-bond donors (Lipinski definition) is 0. The molecule has 1 atom stereocenters. The third-order valence-electron chi connectivity index (χ3n) is 5.41. The lowest BCUT2D eigenvalue weighted by molar-refractivity contribution is -0.141. The van der Waals surface area contributed by atoms with Crippen LogP contribution >= 0.6 is 23.1 Å². The molecule has 0 aromatic carbocycles. The van der Waals surface area contributed by atoms with Crippen molar-refractivity contribution in [2.75, 3.05) is 12.4 Å². The molecule has 3 aromatic heterocycles. The molecule has 6 nitrogen and oxygen atoms in total. The number of hydrogen-bond acceptors (Lipinski definition) is 6. The fourth-order valence-electron chi connectivity index (χ4n) is 3.85. The van der Waals surface area contributed by atoms with Gasteiger partial charge in [0, 0.05) is 23.6 Å². The second-order valence-corrected chi connectivity index (χ2v) is 9.62. The summed E-state index contributed by atoms with van der Waals surface area (Å²) in [6.07, 6.45) is -2.31. The zero-order valence-electron chi connectivity index (χ0n) is 17.7. The maximum Gasteiger partial charge on any atom is 0.406 e. The van der Waals surface area contributed by atoms with Crippen molar-refractivity contribution < 1.29 is 22.7 Å². The van der Waals surface area contributed by atoms with Crippen LogP contribution in [-0.2, 0) is 17.8 Å². The Morgan fingerprint density at radius 2 is 2.12 bits per heavy atom. The Kier molecular flexibility index (Phi) is 6.78. The van der Waals surface area contributed by atoms with Crippen molar-refractivity contribution in [3.63, 3.8) is 0 Å². The van der Waals surface area contributed by atoms with Crippen LogP contribution in [0.1, 0.15) is 34.6 Å². The van der Waals surface area contributed by atoms with Crippen molar-refractivity contribution in [1.29, 1.82) is 0 Å². The Morgan fingerprint density at radius 1 is 1.31 bits per heavy atom. The van der Waals surface area contributed by atoms with Gasteiger partial charge in [0.15, 0.2) is 16.8 Å². The normalized spacial score (nSPS) is 16.7. The molecule has 1 aliphatic heterocycles. The lowest BCUT2D eigenvalue weighted by Gasteiger charge is -2.14. The van der Waals surface area contributed by atoms with Gasteiger partial charge in [-0.2, -0.15) is 13.2 Å². The first-order valence-corrected chi connectivity index (χ1v) is 12.1. The standard InChI is InChI=1S/C21H23F3N4O2S2/c1-13-9-16(14(2)28(13)12-21(22,23)24)17(29)11-32-20-26-25-19(18-6-4-8-31-18)27(20)10-15-5-3-7-30-15/h4,6,8-9,15H,3,5,7,10-12H2,1-2H3. The van der Waals surface area contributed by atoms with Crippen LogP contribution in [0, 0.1) is 13.8 Å². The minimum atomic E-state index is -4.35. The molecule has 0 N–H and O–H groups in total. The summed E-state index contributed by atoms with van der Waals surface area (Å²) in [5.74, 6) is 0.555. The average molecular weight is 485 g/mol. The second-order valence-electron chi connectivity index (χ2n) is 7.73. The van der Waals surface area contributed by atoms with Gasteiger partial charge in [-0.15, -0.1) is 21.5 Å². The monoisotopic (exact) mass is 484 g/mol. The SMILES string of the molecule is Cc1cc(C(=O)CSc2nnc(-c3cccs3)n2CC2CCCO2)c(C)n1CC(F)(F)F. The molecule has 0 radical (unpaired) electrons. The van der Waals surface area contributed by atoms with E-state index in [1.165, 1.54) is 17.8 Å². The first-order chi connectivity index (χ1) is 15.2. The molecule has 32 heavy (non-hydrogen) atoms. The van der Waals surface area contributed by atoms with Crippen LogP contribution in [0.2, 0.25) is 0 Å². The molecular formula is C21H23F3N4O2S2. The van der Waals surface area contributed by atoms with Gasteiger partial charge in [0.1, 0.15) is 6.54 Å². The number of carbonyl (C=O) groups excluding carboxylic acids is 1. The quantitative estimate of drug-likeness (QED) is 0.327. The number of ketones is 1. The third kappa shape index (κ3) is 5.10. The average Bonchev–Trinajstić information content (AvgIpc) is 3.51. The highest BCUT2D eigenvalue weighted by molar-refractivity contribution is 7.99. The second kappa shape index (κ2) is 9.40. The Balaban J connectivity index is 1.52. The number of ether oxygens (including phenoxy) is 1. The number of alkyl halides is 3. The predicted octanol–water partition coefficient (Wildman–Crippen LogP) is 5.14. The number of thioether (sulfide) groups is 1. The van der Waals surface area contributed by atoms with Crippen LogP contribution in [0.5, 0.6) is 0 Å². The van der Waals surface area contributed by atoms with E-state index in [0.29, 0.717) is 28.7 Å². The molecule has 0 amide bonds. The molecule has 0 saturated carbocycles. The van der Waals surface area contributed by atoms with E-state index in [9.17, 15) is 18.0 Å². The molecule has 4 heterocycles. The summed E-state index contributed by atoms with van der Waals surface area (Å²) in [6, 6.07) is 5.44. The van der Waals surface area contributed by atoms with Gasteiger partial charge in [-0.1, -0.05) is 17.8 Å². The van der Waals surface area contributed by atoms with Gasteiger partial charge in [0.2, 0.25) is 0 Å². The summed E-state index contributed by atoms with van der Waals surface area (Å²) in [5, 5.41) is 11.2. The van der Waals surface area contributed by atoms with Crippen molar-refractivity contribution in [2.24, 2.45) is 0 Å². The van der Waals surface area contributed by atoms with E-state index >= 15 is 0 Å². The number of carbonyl (C=O) groups is 1. The molecule has 11 heteroatoms. The molecular weight excluding hydrogens is 461 g/mol. The maximum absolute atomic E-state index is 12.9. The van der Waals surface area contributed by atoms with Crippen LogP contribution in [0.3, 0.4) is 0 Å². The number of thiophene rings is 1. The van der Waals surface area contributed by atoms with Crippen molar-refractivity contribution >= 4 is 28.9 Å². The minimum Gasteiger partial charge on any atom is -0.376 e. The smallest absolute Gasteiger partial charge is 0.376 e. The first kappa shape index (κ1) is 23.1. The summed E-state index contributed by atoms with van der Waals surface area (Å²) in [5.41, 5.74) is 1.04. The molecule has 1 unspecified atom stereocenters. The summed E-state index contributed by atoms with van der Waals surface area (Å²) in [4.78, 5) is 13.8. The number of rotatable bonds is 8. The molecule has 172 valence electrons. The van der Waals surface area contributed by atoms with Gasteiger partial charge in [0.25, 0.3) is 0 Å². The lowest BCUT2D eigenvalue weighted by atomic mass is 10.2. The highest BCUT2D eigenvalue weighted by atomic mass is 32.2. The fraction of sp³-hybridized carbons (Fsp3) is 0.476. The van der Waals surface area contributed by atoms with E-state index in [-0.39, 0.29) is 17.6 Å². The van der Waals surface area contributed by atoms with E-state index in [0.717, 1.165) is 34.7 Å². The number of aryl methyl sites for hydroxylation is 1. The maximum atomic E-state index is 12.9. The number of halogens is 3. The number of Topliss-reactive ketones (excluding diaryl/α,β-unsaturated/α-hetero) is 1. The van der Waals surface area contributed by atoms with E-state index in [2.05, 4.69) is 10.2 Å². The number of nitrogens with zero attached hydrogens (tertiary/aromatic N) is 4. The molecule has 1 saturated heterocycles. The molecule has 0 aliphatic carbocycles. The summed E-state index contributed by atoms with van der Waals surface area (Å²) in [6.45, 7) is 3.34. The van der Waals surface area contributed by atoms with E-state index in [4.69, 9.17) is 4.74 Å². The van der Waals surface area contributed by atoms with E-state index in [1.54, 1.807) is 25.2 Å². The van der Waals surface area contributed by atoms with Crippen LogP contribution in [0.4, 0.5) is 13.2 Å². The van der Waals surface area contributed by atoms with Gasteiger partial charge in [0.05, 0.1) is 23.3 Å². The van der Waals surface area contributed by atoms with Gasteiger partial charge >= 0.3 is 6.18 Å². The number of aromatic nitrogens is 4. The highest BCUT2D eigenvalue weighted by Crippen LogP contribution is 2.30. The summed E-state index contributed by atoms with van der Waals surface area (Å²) >= 11 is 2.80. The highest BCUT2D eigenvalue weighted by Gasteiger charge is 2.30. The van der Waals surface area contributed by atoms with Crippen molar-refractivity contribution in [1.82, 2.24) is 19.3 Å². The van der Waals surface area contributed by atoms with Crippen molar-refractivity contribution in [3.8, 4) is 10.7 Å². The molecule has 0 bridgehead atoms. The van der Waals surface area contributed by atoms with E-state index < -0.39 is 12.7 Å². The van der Waals surface area contributed by atoms with Gasteiger partial charge in [-0.3, -0.25) is 9.36 Å². The summed E-state index contributed by atoms with van der Waals surface area (Å²) in [7, 11) is 0.